The molecule has 0 saturated heterocycles. The van der Waals surface area contributed by atoms with Crippen LogP contribution < -0.4 is 0 Å². The van der Waals surface area contributed by atoms with E-state index in [0.29, 0.717) is 0 Å². The van der Waals surface area contributed by atoms with Gasteiger partial charge in [0.15, 0.2) is 0 Å². The van der Waals surface area contributed by atoms with E-state index in [1.54, 1.807) is 0 Å². The fourth-order valence-electron chi connectivity index (χ4n) is 0.174. The first kappa shape index (κ1) is 7.25. The van der Waals surface area contributed by atoms with E-state index < -0.39 is 4.84 Å². The Labute approximate surface area is 51.9 Å². The van der Waals surface area contributed by atoms with E-state index in [1.165, 1.54) is 6.92 Å². The summed E-state index contributed by atoms with van der Waals surface area (Å²) >= 11 is 10.2. The standard InChI is InChI=1S/C4H5Cl2F/c1-3(7)2-4(5)6/h2,4H,1H3. The minimum atomic E-state index is -0.718. The van der Waals surface area contributed by atoms with E-state index in [4.69, 9.17) is 23.2 Å². The molecule has 0 unspecified atom stereocenters. The molecule has 0 atom stereocenters. The molecule has 0 nitrogen and oxygen atoms in total. The predicted octanol–water partition coefficient (Wildman–Crippen LogP) is 2.66. The minimum Gasteiger partial charge on any atom is -0.212 e. The third-order valence-corrected chi connectivity index (χ3v) is 0.608. The van der Waals surface area contributed by atoms with Gasteiger partial charge in [-0.2, -0.15) is 0 Å². The van der Waals surface area contributed by atoms with Crippen LogP contribution in [0.2, 0.25) is 0 Å². The maximum Gasteiger partial charge on any atom is 0.128 e. The summed E-state index contributed by atoms with van der Waals surface area (Å²) in [5.41, 5.74) is 0. The number of hydrogen-bond donors (Lipinski definition) is 0. The molecule has 0 spiro atoms. The minimum absolute atomic E-state index is 0.352. The average Bonchev–Trinajstić information content (AvgIpc) is 1.27. The van der Waals surface area contributed by atoms with Gasteiger partial charge in [0.25, 0.3) is 0 Å². The SMILES string of the molecule is CC(F)=CC(Cl)Cl. The molecule has 0 aliphatic rings. The van der Waals surface area contributed by atoms with Gasteiger partial charge < -0.3 is 0 Å². The Morgan fingerprint density at radius 1 is 1.71 bits per heavy atom. The predicted molar refractivity (Wildman–Crippen MR) is 30.4 cm³/mol. The van der Waals surface area contributed by atoms with Crippen LogP contribution in [-0.2, 0) is 0 Å². The van der Waals surface area contributed by atoms with Crippen LogP contribution in [-0.4, -0.2) is 4.84 Å². The molecule has 0 radical (unpaired) electrons. The van der Waals surface area contributed by atoms with Crippen LogP contribution in [0.3, 0.4) is 0 Å². The van der Waals surface area contributed by atoms with Gasteiger partial charge in [0.2, 0.25) is 0 Å². The smallest absolute Gasteiger partial charge is 0.128 e. The average molecular weight is 143 g/mol. The highest BCUT2D eigenvalue weighted by Crippen LogP contribution is 2.06. The molecular weight excluding hydrogens is 138 g/mol. The van der Waals surface area contributed by atoms with Gasteiger partial charge in [-0.15, -0.1) is 23.2 Å². The van der Waals surface area contributed by atoms with Gasteiger partial charge in [0, 0.05) is 0 Å². The van der Waals surface area contributed by atoms with Crippen LogP contribution in [0.4, 0.5) is 4.39 Å². The number of allylic oxidation sites excluding steroid dienone is 2. The van der Waals surface area contributed by atoms with Crippen molar-refractivity contribution in [1.82, 2.24) is 0 Å². The van der Waals surface area contributed by atoms with Gasteiger partial charge in [-0.05, 0) is 13.0 Å². The fraction of sp³-hybridized carbons (Fsp3) is 0.500. The fourth-order valence-corrected chi connectivity index (χ4v) is 0.521. The summed E-state index contributed by atoms with van der Waals surface area (Å²) in [7, 11) is 0. The molecule has 0 amide bonds. The van der Waals surface area contributed by atoms with Crippen molar-refractivity contribution < 1.29 is 4.39 Å². The summed E-state index contributed by atoms with van der Waals surface area (Å²) in [6.07, 6.45) is 1.11. The van der Waals surface area contributed by atoms with E-state index in [1.807, 2.05) is 0 Å². The Morgan fingerprint density at radius 2 is 2.14 bits per heavy atom. The topological polar surface area (TPSA) is 0 Å². The van der Waals surface area contributed by atoms with Crippen molar-refractivity contribution in [2.24, 2.45) is 0 Å². The van der Waals surface area contributed by atoms with Crippen molar-refractivity contribution in [3.8, 4) is 0 Å². The lowest BCUT2D eigenvalue weighted by Gasteiger charge is -1.85. The van der Waals surface area contributed by atoms with Crippen LogP contribution >= 0.6 is 23.2 Å². The zero-order chi connectivity index (χ0) is 5.86. The molecule has 0 rings (SSSR count). The van der Waals surface area contributed by atoms with Crippen molar-refractivity contribution in [3.05, 3.63) is 11.9 Å². The molecule has 0 heterocycles. The Bertz CT molecular complexity index is 73.8. The lowest BCUT2D eigenvalue weighted by Crippen LogP contribution is -1.75. The van der Waals surface area contributed by atoms with E-state index in [2.05, 4.69) is 0 Å². The highest BCUT2D eigenvalue weighted by molar-refractivity contribution is 6.45. The molecule has 0 aliphatic heterocycles. The molecule has 3 heteroatoms. The van der Waals surface area contributed by atoms with Crippen molar-refractivity contribution in [2.45, 2.75) is 11.8 Å². The van der Waals surface area contributed by atoms with Gasteiger partial charge in [0.1, 0.15) is 4.84 Å². The van der Waals surface area contributed by atoms with Gasteiger partial charge >= 0.3 is 0 Å². The van der Waals surface area contributed by atoms with E-state index in [9.17, 15) is 4.39 Å². The number of rotatable bonds is 1. The van der Waals surface area contributed by atoms with Crippen LogP contribution in [0.25, 0.3) is 0 Å². The zero-order valence-electron chi connectivity index (χ0n) is 3.79. The largest absolute Gasteiger partial charge is 0.212 e. The lowest BCUT2D eigenvalue weighted by molar-refractivity contribution is 0.637. The summed E-state index contributed by atoms with van der Waals surface area (Å²) < 4.78 is 11.6. The quantitative estimate of drug-likeness (QED) is 0.495. The third kappa shape index (κ3) is 6.25. The summed E-state index contributed by atoms with van der Waals surface area (Å²) in [5, 5.41) is 0. The first-order valence-corrected chi connectivity index (χ1v) is 2.62. The van der Waals surface area contributed by atoms with Gasteiger partial charge in [-0.3, -0.25) is 0 Å². The summed E-state index contributed by atoms with van der Waals surface area (Å²) in [5.74, 6) is -0.352. The molecule has 0 aliphatic carbocycles. The van der Waals surface area contributed by atoms with E-state index in [0.717, 1.165) is 6.08 Å². The van der Waals surface area contributed by atoms with Crippen LogP contribution in [0, 0.1) is 0 Å². The Kier molecular flexibility index (Phi) is 3.39. The van der Waals surface area contributed by atoms with Crippen LogP contribution in [0.1, 0.15) is 6.92 Å². The lowest BCUT2D eigenvalue weighted by atomic mass is 10.5. The molecule has 7 heavy (non-hydrogen) atoms. The zero-order valence-corrected chi connectivity index (χ0v) is 5.30. The first-order valence-electron chi connectivity index (χ1n) is 1.75. The van der Waals surface area contributed by atoms with Gasteiger partial charge in [0.05, 0.1) is 5.83 Å². The van der Waals surface area contributed by atoms with Crippen LogP contribution in [0.5, 0.6) is 0 Å². The highest BCUT2D eigenvalue weighted by Gasteiger charge is 1.90. The molecule has 0 aromatic rings. The van der Waals surface area contributed by atoms with Gasteiger partial charge in [-0.25, -0.2) is 4.39 Å². The molecule has 0 saturated carbocycles. The van der Waals surface area contributed by atoms with E-state index in [-0.39, 0.29) is 5.83 Å². The molecule has 0 bridgehead atoms. The summed E-state index contributed by atoms with van der Waals surface area (Å²) in [6.45, 7) is 1.29. The maximum absolute atomic E-state index is 11.6. The second-order valence-electron chi connectivity index (χ2n) is 1.09. The maximum atomic E-state index is 11.6. The number of hydrogen-bond acceptors (Lipinski definition) is 0. The molecule has 0 aromatic carbocycles. The van der Waals surface area contributed by atoms with Crippen molar-refractivity contribution >= 4 is 23.2 Å². The van der Waals surface area contributed by atoms with Crippen molar-refractivity contribution in [3.63, 3.8) is 0 Å². The monoisotopic (exact) mass is 142 g/mol. The van der Waals surface area contributed by atoms with Crippen molar-refractivity contribution in [2.75, 3.05) is 0 Å². The summed E-state index contributed by atoms with van der Waals surface area (Å²) in [6, 6.07) is 0. The molecule has 0 fully saturated rings. The van der Waals surface area contributed by atoms with Crippen molar-refractivity contribution in [1.29, 1.82) is 0 Å². The van der Waals surface area contributed by atoms with E-state index >= 15 is 0 Å². The normalized spacial score (nSPS) is 13.0. The Hall–Kier alpha value is 0.250. The third-order valence-electron chi connectivity index (χ3n) is 0.356. The highest BCUT2D eigenvalue weighted by atomic mass is 35.5. The molecule has 0 N–H and O–H groups in total. The Balaban J connectivity index is 3.45. The number of halogens is 3. The molecular formula is C4H5Cl2F. The van der Waals surface area contributed by atoms with Crippen LogP contribution in [0.15, 0.2) is 11.9 Å². The Morgan fingerprint density at radius 3 is 2.14 bits per heavy atom. The summed E-state index contributed by atoms with van der Waals surface area (Å²) in [4.78, 5) is -0.718. The van der Waals surface area contributed by atoms with Gasteiger partial charge in [-0.1, -0.05) is 0 Å². The molecule has 0 aromatic heterocycles. The second kappa shape index (κ2) is 3.28. The second-order valence-corrected chi connectivity index (χ2v) is 2.25. The number of alkyl halides is 2. The first-order chi connectivity index (χ1) is 3.13. The molecule has 42 valence electrons.